The molecule has 0 heterocycles. The second-order valence-corrected chi connectivity index (χ2v) is 0.975. The van der Waals surface area contributed by atoms with E-state index >= 15 is 0 Å². The molecular weight excluding hydrogens is 186 g/mol. The van der Waals surface area contributed by atoms with Gasteiger partial charge in [0.05, 0.1) is 0 Å². The number of hydrogen-bond acceptors (Lipinski definition) is 2. The topological polar surface area (TPSA) is 115 Å². The Morgan fingerprint density at radius 2 is 1.10 bits per heavy atom. The fraction of sp³-hybridized carbons (Fsp3) is 0. The van der Waals surface area contributed by atoms with Crippen molar-refractivity contribution < 1.29 is 28.3 Å². The van der Waals surface area contributed by atoms with Crippen molar-refractivity contribution in [2.24, 2.45) is 0 Å². The zero-order chi connectivity index (χ0) is 7.15. The average Bonchev–Trinajstić information content (AvgIpc) is 1.25. The zero-order valence-electron chi connectivity index (χ0n) is 3.51. The van der Waals surface area contributed by atoms with Crippen LogP contribution in [0, 0.1) is 0 Å². The molecular formula is CH6Na2O6S. The molecule has 0 saturated heterocycles. The molecule has 0 saturated carbocycles. The van der Waals surface area contributed by atoms with Gasteiger partial charge in [0.25, 0.3) is 11.4 Å². The maximum absolute atomic E-state index is 8.67. The summed E-state index contributed by atoms with van der Waals surface area (Å²) in [6.45, 7) is 0. The number of carboxylic acid groups (broad SMARTS) is 2. The molecule has 0 fully saturated rings. The van der Waals surface area contributed by atoms with Crippen molar-refractivity contribution in [2.75, 3.05) is 0 Å². The predicted molar refractivity (Wildman–Crippen MR) is 38.4 cm³/mol. The van der Waals surface area contributed by atoms with Gasteiger partial charge >= 0.3 is 65.3 Å². The summed E-state index contributed by atoms with van der Waals surface area (Å²) in [6, 6.07) is 0. The van der Waals surface area contributed by atoms with Crippen LogP contribution in [0.2, 0.25) is 0 Å². The first kappa shape index (κ1) is 22.5. The van der Waals surface area contributed by atoms with Gasteiger partial charge in [-0.15, -0.1) is 0 Å². The van der Waals surface area contributed by atoms with Gasteiger partial charge in [-0.25, -0.2) is 4.79 Å². The second-order valence-electron chi connectivity index (χ2n) is 0.513. The first-order chi connectivity index (χ1) is 3.46. The van der Waals surface area contributed by atoms with Crippen LogP contribution in [-0.2, 0) is 11.4 Å². The minimum absolute atomic E-state index is 0. The third kappa shape index (κ3) is 362. The maximum atomic E-state index is 8.67. The molecule has 0 radical (unpaired) electrons. The molecule has 0 rings (SSSR count). The summed E-state index contributed by atoms with van der Waals surface area (Å²) < 4.78 is 22.8. The van der Waals surface area contributed by atoms with Gasteiger partial charge in [-0.1, -0.05) is 0 Å². The van der Waals surface area contributed by atoms with Crippen molar-refractivity contribution in [2.45, 2.75) is 0 Å². The molecule has 0 aliphatic heterocycles. The van der Waals surface area contributed by atoms with Crippen molar-refractivity contribution in [1.82, 2.24) is 0 Å². The van der Waals surface area contributed by atoms with Crippen LogP contribution in [-0.4, -0.2) is 88.8 Å². The molecule has 0 unspecified atom stereocenters. The molecule has 0 spiro atoms. The van der Waals surface area contributed by atoms with E-state index in [0.29, 0.717) is 0 Å². The fourth-order valence-electron chi connectivity index (χ4n) is 0. The summed E-state index contributed by atoms with van der Waals surface area (Å²) in [6.07, 6.45) is -1.83. The van der Waals surface area contributed by atoms with Crippen molar-refractivity contribution in [1.29, 1.82) is 0 Å². The normalized spacial score (nSPS) is 5.90. The SMILES string of the molecule is O=C(O)O.O=S(O)O.[NaH].[NaH]. The van der Waals surface area contributed by atoms with Gasteiger partial charge in [-0.2, -0.15) is 4.21 Å². The standard InChI is InChI=1S/CH2O3.2Na.H2O3S.2H/c2-1(3)4;;;1-4(2)3;;/h(H2,2,3,4);;;(H2,1,2,3);;. The molecule has 6 nitrogen and oxygen atoms in total. The summed E-state index contributed by atoms with van der Waals surface area (Å²) in [5.41, 5.74) is 0. The quantitative estimate of drug-likeness (QED) is 0.277. The molecule has 0 aliphatic rings. The van der Waals surface area contributed by atoms with E-state index in [1.54, 1.807) is 0 Å². The van der Waals surface area contributed by atoms with Crippen LogP contribution in [0.3, 0.4) is 0 Å². The zero-order valence-corrected chi connectivity index (χ0v) is 4.33. The van der Waals surface area contributed by atoms with Crippen LogP contribution in [0.4, 0.5) is 4.79 Å². The van der Waals surface area contributed by atoms with Crippen LogP contribution in [0.5, 0.6) is 0 Å². The molecule has 4 N–H and O–H groups in total. The Kier molecular flexibility index (Phi) is 37.7. The van der Waals surface area contributed by atoms with E-state index in [2.05, 4.69) is 0 Å². The first-order valence-corrected chi connectivity index (χ1v) is 2.25. The number of carbonyl (C=O) groups is 1. The summed E-state index contributed by atoms with van der Waals surface area (Å²) in [4.78, 5) is 8.56. The second kappa shape index (κ2) is 16.7. The summed E-state index contributed by atoms with van der Waals surface area (Å²) in [5, 5.41) is 13.9. The van der Waals surface area contributed by atoms with Crippen LogP contribution < -0.4 is 0 Å². The Labute approximate surface area is 104 Å². The minimum atomic E-state index is -2.61. The Hall–Kier alpha value is 1.34. The molecule has 0 aliphatic carbocycles. The van der Waals surface area contributed by atoms with Gasteiger partial charge in [0, 0.05) is 0 Å². The van der Waals surface area contributed by atoms with Gasteiger partial charge in [0.15, 0.2) is 0 Å². The van der Waals surface area contributed by atoms with E-state index in [1.807, 2.05) is 0 Å². The van der Waals surface area contributed by atoms with Crippen LogP contribution in [0.25, 0.3) is 0 Å². The van der Waals surface area contributed by atoms with Gasteiger partial charge in [0.1, 0.15) is 0 Å². The first-order valence-electron chi connectivity index (χ1n) is 1.18. The Balaban J connectivity index is -0.0000000300. The van der Waals surface area contributed by atoms with Gasteiger partial charge in [-0.05, 0) is 0 Å². The Morgan fingerprint density at radius 1 is 1.10 bits per heavy atom. The fourth-order valence-corrected chi connectivity index (χ4v) is 0. The average molecular weight is 192 g/mol. The van der Waals surface area contributed by atoms with Crippen LogP contribution in [0.15, 0.2) is 0 Å². The predicted octanol–water partition coefficient (Wildman–Crippen LogP) is -1.39. The van der Waals surface area contributed by atoms with E-state index in [0.717, 1.165) is 0 Å². The Bertz CT molecular complexity index is 73.7. The molecule has 0 aromatic carbocycles. The number of hydrogen-bond donors (Lipinski definition) is 4. The van der Waals surface area contributed by atoms with Crippen LogP contribution >= 0.6 is 0 Å². The van der Waals surface area contributed by atoms with Crippen molar-refractivity contribution in [3.05, 3.63) is 0 Å². The molecule has 0 aromatic rings. The van der Waals surface area contributed by atoms with E-state index in [9.17, 15) is 0 Å². The molecule has 0 amide bonds. The summed E-state index contributed by atoms with van der Waals surface area (Å²) in [7, 11) is 0. The van der Waals surface area contributed by atoms with E-state index in [-0.39, 0.29) is 59.1 Å². The third-order valence-corrected chi connectivity index (χ3v) is 0. The van der Waals surface area contributed by atoms with Crippen molar-refractivity contribution in [3.63, 3.8) is 0 Å². The molecule has 0 bridgehead atoms. The monoisotopic (exact) mass is 192 g/mol. The van der Waals surface area contributed by atoms with Crippen molar-refractivity contribution in [3.8, 4) is 0 Å². The molecule has 0 aromatic heterocycles. The van der Waals surface area contributed by atoms with Gasteiger partial charge in [0.2, 0.25) is 0 Å². The van der Waals surface area contributed by atoms with Gasteiger partial charge < -0.3 is 10.2 Å². The van der Waals surface area contributed by atoms with E-state index < -0.39 is 17.5 Å². The van der Waals surface area contributed by atoms with Crippen molar-refractivity contribution >= 4 is 76.6 Å². The van der Waals surface area contributed by atoms with E-state index in [1.165, 1.54) is 0 Å². The Morgan fingerprint density at radius 3 is 1.10 bits per heavy atom. The van der Waals surface area contributed by atoms with Crippen LogP contribution in [0.1, 0.15) is 0 Å². The molecule has 0 atom stereocenters. The molecule has 9 heteroatoms. The molecule has 54 valence electrons. The third-order valence-electron chi connectivity index (χ3n) is 0. The summed E-state index contributed by atoms with van der Waals surface area (Å²) in [5.74, 6) is 0. The molecule has 10 heavy (non-hydrogen) atoms. The van der Waals surface area contributed by atoms with E-state index in [4.69, 9.17) is 28.3 Å². The van der Waals surface area contributed by atoms with Gasteiger partial charge in [-0.3, -0.25) is 9.11 Å². The summed E-state index contributed by atoms with van der Waals surface area (Å²) >= 11 is -2.61. The number of rotatable bonds is 0.